The monoisotopic (exact) mass is 303 g/mol. The highest BCUT2D eigenvalue weighted by molar-refractivity contribution is 5.89. The number of carbonyl (C=O) groups is 1. The van der Waals surface area contributed by atoms with Crippen LogP contribution in [0.4, 0.5) is 0 Å². The number of amides is 1. The van der Waals surface area contributed by atoms with Crippen LogP contribution in [-0.4, -0.2) is 17.1 Å². The highest BCUT2D eigenvalue weighted by Crippen LogP contribution is 2.29. The van der Waals surface area contributed by atoms with Gasteiger partial charge < -0.3 is 14.8 Å². The number of aryl methyl sites for hydroxylation is 2. The van der Waals surface area contributed by atoms with Crippen molar-refractivity contribution in [1.29, 1.82) is 0 Å². The minimum atomic E-state index is -0.533. The molecule has 5 nitrogen and oxygen atoms in total. The van der Waals surface area contributed by atoms with Gasteiger partial charge in [0.15, 0.2) is 0 Å². The number of aromatic hydroxyl groups is 1. The average Bonchev–Trinajstić information content (AvgIpc) is 2.42. The van der Waals surface area contributed by atoms with Gasteiger partial charge in [-0.25, -0.2) is 4.79 Å². The zero-order chi connectivity index (χ0) is 16.4. The molecule has 0 saturated heterocycles. The summed E-state index contributed by atoms with van der Waals surface area (Å²) in [4.78, 5) is 24.1. The fourth-order valence-electron chi connectivity index (χ4n) is 2.45. The van der Waals surface area contributed by atoms with Gasteiger partial charge in [-0.05, 0) is 50.5 Å². The Morgan fingerprint density at radius 2 is 2.05 bits per heavy atom. The van der Waals surface area contributed by atoms with Crippen molar-refractivity contribution in [2.45, 2.75) is 46.6 Å². The summed E-state index contributed by atoms with van der Waals surface area (Å²) in [7, 11) is 0. The number of phenolic OH excluding ortho intramolecular Hbond substituents is 1. The Kier molecular flexibility index (Phi) is 4.54. The first kappa shape index (κ1) is 16.1. The molecular formula is C17H21NO4. The maximum absolute atomic E-state index is 12.1. The summed E-state index contributed by atoms with van der Waals surface area (Å²) in [5.74, 6) is -0.171. The van der Waals surface area contributed by atoms with Crippen LogP contribution in [0.15, 0.2) is 21.3 Å². The van der Waals surface area contributed by atoms with Gasteiger partial charge in [0.2, 0.25) is 5.91 Å². The predicted octanol–water partition coefficient (Wildman–Crippen LogP) is 2.57. The third kappa shape index (κ3) is 3.13. The summed E-state index contributed by atoms with van der Waals surface area (Å²) in [5, 5.41) is 13.4. The first-order chi connectivity index (χ1) is 10.3. The first-order valence-corrected chi connectivity index (χ1v) is 7.38. The lowest BCUT2D eigenvalue weighted by Crippen LogP contribution is -2.34. The molecule has 1 atom stereocenters. The van der Waals surface area contributed by atoms with Crippen molar-refractivity contribution in [1.82, 2.24) is 5.32 Å². The van der Waals surface area contributed by atoms with Crippen LogP contribution in [0.25, 0.3) is 11.0 Å². The molecule has 2 aromatic rings. The lowest BCUT2D eigenvalue weighted by molar-refractivity contribution is -0.121. The SMILES string of the molecule is CC[C@H](C)NC(=O)Cc1c(C)c2c(O)cc(C)cc2oc1=O. The van der Waals surface area contributed by atoms with E-state index in [1.807, 2.05) is 20.8 Å². The fraction of sp³-hybridized carbons (Fsp3) is 0.412. The van der Waals surface area contributed by atoms with E-state index in [1.54, 1.807) is 19.1 Å². The van der Waals surface area contributed by atoms with Gasteiger partial charge in [-0.3, -0.25) is 4.79 Å². The highest BCUT2D eigenvalue weighted by atomic mass is 16.4. The van der Waals surface area contributed by atoms with E-state index < -0.39 is 5.63 Å². The second kappa shape index (κ2) is 6.22. The lowest BCUT2D eigenvalue weighted by atomic mass is 10.0. The summed E-state index contributed by atoms with van der Waals surface area (Å²) in [6, 6.07) is 3.36. The largest absolute Gasteiger partial charge is 0.507 e. The molecule has 0 saturated carbocycles. The molecule has 2 rings (SSSR count). The van der Waals surface area contributed by atoms with Crippen LogP contribution in [0.1, 0.15) is 37.0 Å². The molecule has 0 unspecified atom stereocenters. The number of carbonyl (C=O) groups excluding carboxylic acids is 1. The van der Waals surface area contributed by atoms with Crippen LogP contribution in [0.5, 0.6) is 5.75 Å². The highest BCUT2D eigenvalue weighted by Gasteiger charge is 2.17. The molecule has 2 N–H and O–H groups in total. The van der Waals surface area contributed by atoms with Gasteiger partial charge in [0.25, 0.3) is 0 Å². The van der Waals surface area contributed by atoms with E-state index >= 15 is 0 Å². The molecule has 0 aliphatic heterocycles. The van der Waals surface area contributed by atoms with E-state index in [4.69, 9.17) is 4.42 Å². The van der Waals surface area contributed by atoms with Gasteiger partial charge in [0.1, 0.15) is 11.3 Å². The minimum absolute atomic E-state index is 0.0522. The zero-order valence-electron chi connectivity index (χ0n) is 13.3. The molecule has 0 aliphatic carbocycles. The van der Waals surface area contributed by atoms with Crippen molar-refractivity contribution >= 4 is 16.9 Å². The van der Waals surface area contributed by atoms with Crippen LogP contribution >= 0.6 is 0 Å². The molecule has 0 bridgehead atoms. The molecule has 22 heavy (non-hydrogen) atoms. The molecule has 5 heteroatoms. The van der Waals surface area contributed by atoms with Crippen molar-refractivity contribution in [2.75, 3.05) is 0 Å². The molecule has 1 aromatic heterocycles. The second-order valence-corrected chi connectivity index (χ2v) is 5.70. The van der Waals surface area contributed by atoms with Crippen LogP contribution in [-0.2, 0) is 11.2 Å². The second-order valence-electron chi connectivity index (χ2n) is 5.70. The summed E-state index contributed by atoms with van der Waals surface area (Å²) in [5.41, 5.74) is 1.48. The van der Waals surface area contributed by atoms with E-state index in [-0.39, 0.29) is 29.7 Å². The summed E-state index contributed by atoms with van der Waals surface area (Å²) < 4.78 is 5.27. The van der Waals surface area contributed by atoms with Crippen molar-refractivity contribution in [2.24, 2.45) is 0 Å². The molecule has 0 aliphatic rings. The van der Waals surface area contributed by atoms with Gasteiger partial charge in [0, 0.05) is 6.04 Å². The number of phenols is 1. The average molecular weight is 303 g/mol. The Hall–Kier alpha value is -2.30. The van der Waals surface area contributed by atoms with E-state index in [9.17, 15) is 14.7 Å². The topological polar surface area (TPSA) is 79.5 Å². The third-order valence-electron chi connectivity index (χ3n) is 3.86. The Morgan fingerprint density at radius 1 is 1.36 bits per heavy atom. The van der Waals surface area contributed by atoms with E-state index in [2.05, 4.69) is 5.32 Å². The normalized spacial score (nSPS) is 12.4. The van der Waals surface area contributed by atoms with Crippen LogP contribution in [0.3, 0.4) is 0 Å². The molecular weight excluding hydrogens is 282 g/mol. The Balaban J connectivity index is 2.47. The smallest absolute Gasteiger partial charge is 0.340 e. The van der Waals surface area contributed by atoms with Gasteiger partial charge >= 0.3 is 5.63 Å². The Bertz CT molecular complexity index is 776. The molecule has 0 radical (unpaired) electrons. The first-order valence-electron chi connectivity index (χ1n) is 7.38. The van der Waals surface area contributed by atoms with E-state index in [0.717, 1.165) is 12.0 Å². The van der Waals surface area contributed by atoms with Gasteiger partial charge in [-0.15, -0.1) is 0 Å². The summed E-state index contributed by atoms with van der Waals surface area (Å²) >= 11 is 0. The molecule has 1 heterocycles. The summed E-state index contributed by atoms with van der Waals surface area (Å²) in [6.07, 6.45) is 0.763. The summed E-state index contributed by atoms with van der Waals surface area (Å²) in [6.45, 7) is 7.41. The lowest BCUT2D eigenvalue weighted by Gasteiger charge is -2.13. The van der Waals surface area contributed by atoms with Crippen LogP contribution in [0, 0.1) is 13.8 Å². The van der Waals surface area contributed by atoms with E-state index in [1.165, 1.54) is 0 Å². The molecule has 118 valence electrons. The standard InChI is InChI=1S/C17H21NO4/c1-5-10(3)18-15(20)8-12-11(4)16-13(19)6-9(2)7-14(16)22-17(12)21/h6-7,10,19H,5,8H2,1-4H3,(H,18,20)/t10-/m0/s1. The van der Waals surface area contributed by atoms with Crippen molar-refractivity contribution in [3.05, 3.63) is 39.2 Å². The molecule has 0 spiro atoms. The zero-order valence-corrected chi connectivity index (χ0v) is 13.3. The molecule has 1 amide bonds. The van der Waals surface area contributed by atoms with Crippen molar-refractivity contribution in [3.8, 4) is 5.75 Å². The number of hydrogen-bond acceptors (Lipinski definition) is 4. The number of rotatable bonds is 4. The van der Waals surface area contributed by atoms with Gasteiger partial charge in [-0.2, -0.15) is 0 Å². The van der Waals surface area contributed by atoms with Gasteiger partial charge in [0.05, 0.1) is 17.4 Å². The number of benzene rings is 1. The third-order valence-corrected chi connectivity index (χ3v) is 3.86. The van der Waals surface area contributed by atoms with E-state index in [0.29, 0.717) is 16.5 Å². The predicted molar refractivity (Wildman–Crippen MR) is 85.2 cm³/mol. The Labute approximate surface area is 129 Å². The van der Waals surface area contributed by atoms with Crippen LogP contribution < -0.4 is 10.9 Å². The number of nitrogens with one attached hydrogen (secondary N) is 1. The fourth-order valence-corrected chi connectivity index (χ4v) is 2.45. The quantitative estimate of drug-likeness (QED) is 0.851. The molecule has 1 aromatic carbocycles. The Morgan fingerprint density at radius 3 is 2.68 bits per heavy atom. The van der Waals surface area contributed by atoms with Crippen molar-refractivity contribution in [3.63, 3.8) is 0 Å². The maximum Gasteiger partial charge on any atom is 0.340 e. The maximum atomic E-state index is 12.1. The minimum Gasteiger partial charge on any atom is -0.507 e. The van der Waals surface area contributed by atoms with Crippen molar-refractivity contribution < 1.29 is 14.3 Å². The number of hydrogen-bond donors (Lipinski definition) is 2. The molecule has 0 fully saturated rings. The van der Waals surface area contributed by atoms with Gasteiger partial charge in [-0.1, -0.05) is 6.92 Å². The number of fused-ring (bicyclic) bond motifs is 1. The van der Waals surface area contributed by atoms with Crippen LogP contribution in [0.2, 0.25) is 0 Å².